The monoisotopic (exact) mass is 275 g/mol. The van der Waals surface area contributed by atoms with Crippen LogP contribution in [0.25, 0.3) is 0 Å². The molecule has 0 aliphatic carbocycles. The molecule has 108 valence electrons. The van der Waals surface area contributed by atoms with Crippen molar-refractivity contribution in [1.82, 2.24) is 4.90 Å². The second-order valence-corrected chi connectivity index (χ2v) is 5.45. The molecule has 1 fully saturated rings. The van der Waals surface area contributed by atoms with Crippen LogP contribution < -0.4 is 0 Å². The lowest BCUT2D eigenvalue weighted by Gasteiger charge is -2.35. The van der Waals surface area contributed by atoms with Gasteiger partial charge in [-0.2, -0.15) is 0 Å². The lowest BCUT2D eigenvalue weighted by atomic mass is 9.96. The Kier molecular flexibility index (Phi) is 4.77. The zero-order valence-corrected chi connectivity index (χ0v) is 11.8. The molecule has 1 N–H and O–H groups in total. The van der Waals surface area contributed by atoms with Crippen LogP contribution in [0, 0.1) is 6.92 Å². The number of nitrogens with zero attached hydrogens (tertiary/aromatic N) is 1. The molecule has 0 aromatic heterocycles. The highest BCUT2D eigenvalue weighted by atomic mass is 16.4. The number of carbonyl (C=O) groups is 2. The van der Waals surface area contributed by atoms with Gasteiger partial charge in [0.05, 0.1) is 0 Å². The van der Waals surface area contributed by atoms with Crippen molar-refractivity contribution in [2.45, 2.75) is 45.1 Å². The molecule has 1 aliphatic rings. The maximum atomic E-state index is 12.6. The Morgan fingerprint density at radius 3 is 2.85 bits per heavy atom. The van der Waals surface area contributed by atoms with Crippen molar-refractivity contribution < 1.29 is 14.7 Å². The Hall–Kier alpha value is -1.84. The highest BCUT2D eigenvalue weighted by Gasteiger charge is 2.27. The number of rotatable bonds is 4. The third kappa shape index (κ3) is 3.59. The third-order valence-corrected chi connectivity index (χ3v) is 3.84. The predicted octanol–water partition coefficient (Wildman–Crippen LogP) is 2.85. The SMILES string of the molecule is Cc1cccc(C(=O)N2CCCCC2CCC(=O)O)c1. The summed E-state index contributed by atoms with van der Waals surface area (Å²) in [5.74, 6) is -0.762. The molecule has 0 radical (unpaired) electrons. The fourth-order valence-corrected chi connectivity index (χ4v) is 2.80. The minimum Gasteiger partial charge on any atom is -0.481 e. The van der Waals surface area contributed by atoms with E-state index in [1.807, 2.05) is 36.1 Å². The van der Waals surface area contributed by atoms with Gasteiger partial charge in [0.15, 0.2) is 0 Å². The van der Waals surface area contributed by atoms with E-state index in [9.17, 15) is 9.59 Å². The van der Waals surface area contributed by atoms with Crippen LogP contribution >= 0.6 is 0 Å². The van der Waals surface area contributed by atoms with E-state index in [0.717, 1.165) is 31.4 Å². The molecular weight excluding hydrogens is 254 g/mol. The van der Waals surface area contributed by atoms with Crippen molar-refractivity contribution in [2.24, 2.45) is 0 Å². The van der Waals surface area contributed by atoms with Crippen LogP contribution in [0.3, 0.4) is 0 Å². The number of piperidine rings is 1. The summed E-state index contributed by atoms with van der Waals surface area (Å²) in [7, 11) is 0. The summed E-state index contributed by atoms with van der Waals surface area (Å²) >= 11 is 0. The number of amides is 1. The average molecular weight is 275 g/mol. The minimum absolute atomic E-state index is 0.0313. The molecule has 1 saturated heterocycles. The fraction of sp³-hybridized carbons (Fsp3) is 0.500. The first kappa shape index (κ1) is 14.6. The summed E-state index contributed by atoms with van der Waals surface area (Å²) in [6.45, 7) is 2.70. The van der Waals surface area contributed by atoms with Gasteiger partial charge in [-0.1, -0.05) is 17.7 Å². The van der Waals surface area contributed by atoms with Crippen LogP contribution in [-0.2, 0) is 4.79 Å². The molecule has 0 spiro atoms. The van der Waals surface area contributed by atoms with Gasteiger partial charge in [-0.15, -0.1) is 0 Å². The molecule has 20 heavy (non-hydrogen) atoms. The van der Waals surface area contributed by atoms with Gasteiger partial charge in [-0.05, 0) is 44.7 Å². The number of benzene rings is 1. The maximum Gasteiger partial charge on any atom is 0.303 e. The number of hydrogen-bond acceptors (Lipinski definition) is 2. The zero-order valence-electron chi connectivity index (χ0n) is 11.8. The van der Waals surface area contributed by atoms with E-state index in [0.29, 0.717) is 12.0 Å². The van der Waals surface area contributed by atoms with E-state index in [1.54, 1.807) is 0 Å². The molecule has 1 atom stereocenters. The van der Waals surface area contributed by atoms with E-state index in [1.165, 1.54) is 0 Å². The maximum absolute atomic E-state index is 12.6. The van der Waals surface area contributed by atoms with Crippen molar-refractivity contribution in [3.05, 3.63) is 35.4 Å². The summed E-state index contributed by atoms with van der Waals surface area (Å²) in [5, 5.41) is 8.82. The number of likely N-dealkylation sites (tertiary alicyclic amines) is 1. The largest absolute Gasteiger partial charge is 0.481 e. The van der Waals surface area contributed by atoms with E-state index in [-0.39, 0.29) is 18.4 Å². The van der Waals surface area contributed by atoms with Gasteiger partial charge in [0.25, 0.3) is 5.91 Å². The smallest absolute Gasteiger partial charge is 0.303 e. The summed E-state index contributed by atoms with van der Waals surface area (Å²) < 4.78 is 0. The van der Waals surface area contributed by atoms with Gasteiger partial charge in [0.1, 0.15) is 0 Å². The quantitative estimate of drug-likeness (QED) is 0.919. The number of carboxylic acid groups (broad SMARTS) is 1. The third-order valence-electron chi connectivity index (χ3n) is 3.84. The molecule has 4 nitrogen and oxygen atoms in total. The van der Waals surface area contributed by atoms with Crippen molar-refractivity contribution in [3.8, 4) is 0 Å². The Balaban J connectivity index is 2.10. The molecule has 0 saturated carbocycles. The lowest BCUT2D eigenvalue weighted by Crippen LogP contribution is -2.44. The van der Waals surface area contributed by atoms with Crippen molar-refractivity contribution in [1.29, 1.82) is 0 Å². The van der Waals surface area contributed by atoms with Crippen LogP contribution in [0.2, 0.25) is 0 Å². The molecule has 4 heteroatoms. The van der Waals surface area contributed by atoms with Crippen LogP contribution in [0.1, 0.15) is 48.0 Å². The van der Waals surface area contributed by atoms with Gasteiger partial charge in [-0.3, -0.25) is 9.59 Å². The highest BCUT2D eigenvalue weighted by Crippen LogP contribution is 2.23. The molecule has 2 rings (SSSR count). The normalized spacial score (nSPS) is 18.9. The molecule has 1 aromatic carbocycles. The van der Waals surface area contributed by atoms with Gasteiger partial charge in [-0.25, -0.2) is 0 Å². The van der Waals surface area contributed by atoms with E-state index in [4.69, 9.17) is 5.11 Å². The average Bonchev–Trinajstić information content (AvgIpc) is 2.44. The first-order valence-corrected chi connectivity index (χ1v) is 7.17. The molecule has 1 heterocycles. The first-order valence-electron chi connectivity index (χ1n) is 7.17. The Labute approximate surface area is 119 Å². The topological polar surface area (TPSA) is 57.6 Å². The second kappa shape index (κ2) is 6.55. The van der Waals surface area contributed by atoms with Gasteiger partial charge in [0.2, 0.25) is 0 Å². The molecular formula is C16H21NO3. The standard InChI is InChI=1S/C16H21NO3/c1-12-5-4-6-13(11-12)16(20)17-10-3-2-7-14(17)8-9-15(18)19/h4-6,11,14H,2-3,7-10H2,1H3,(H,18,19). The highest BCUT2D eigenvalue weighted by molar-refractivity contribution is 5.94. The van der Waals surface area contributed by atoms with Gasteiger partial charge < -0.3 is 10.0 Å². The van der Waals surface area contributed by atoms with Crippen LogP contribution in [0.4, 0.5) is 0 Å². The summed E-state index contributed by atoms with van der Waals surface area (Å²) in [6.07, 6.45) is 3.66. The number of carbonyl (C=O) groups excluding carboxylic acids is 1. The molecule has 1 amide bonds. The van der Waals surface area contributed by atoms with Crippen LogP contribution in [0.15, 0.2) is 24.3 Å². The second-order valence-electron chi connectivity index (χ2n) is 5.45. The van der Waals surface area contributed by atoms with E-state index >= 15 is 0 Å². The van der Waals surface area contributed by atoms with Crippen molar-refractivity contribution in [2.75, 3.05) is 6.54 Å². The summed E-state index contributed by atoms with van der Waals surface area (Å²) in [6, 6.07) is 7.64. The molecule has 1 unspecified atom stereocenters. The number of aliphatic carboxylic acids is 1. The van der Waals surface area contributed by atoms with Crippen LogP contribution in [-0.4, -0.2) is 34.5 Å². The number of hydrogen-bond donors (Lipinski definition) is 1. The predicted molar refractivity (Wildman–Crippen MR) is 76.7 cm³/mol. The van der Waals surface area contributed by atoms with Gasteiger partial charge in [0, 0.05) is 24.6 Å². The first-order chi connectivity index (χ1) is 9.58. The molecule has 1 aliphatic heterocycles. The molecule has 0 bridgehead atoms. The van der Waals surface area contributed by atoms with Crippen molar-refractivity contribution in [3.63, 3.8) is 0 Å². The zero-order chi connectivity index (χ0) is 14.5. The Morgan fingerprint density at radius 2 is 2.15 bits per heavy atom. The van der Waals surface area contributed by atoms with Crippen LogP contribution in [0.5, 0.6) is 0 Å². The van der Waals surface area contributed by atoms with Gasteiger partial charge >= 0.3 is 5.97 Å². The number of aryl methyl sites for hydroxylation is 1. The number of carboxylic acids is 1. The lowest BCUT2D eigenvalue weighted by molar-refractivity contribution is -0.137. The minimum atomic E-state index is -0.793. The summed E-state index contributed by atoms with van der Waals surface area (Å²) in [4.78, 5) is 25.2. The Bertz CT molecular complexity index is 498. The molecule has 1 aromatic rings. The van der Waals surface area contributed by atoms with Crippen molar-refractivity contribution >= 4 is 11.9 Å². The fourth-order valence-electron chi connectivity index (χ4n) is 2.80. The Morgan fingerprint density at radius 1 is 1.35 bits per heavy atom. The van der Waals surface area contributed by atoms with E-state index in [2.05, 4.69) is 0 Å². The van der Waals surface area contributed by atoms with E-state index < -0.39 is 5.97 Å². The summed E-state index contributed by atoms with van der Waals surface area (Å²) in [5.41, 5.74) is 1.77.